The van der Waals surface area contributed by atoms with Gasteiger partial charge < -0.3 is 9.47 Å². The molecule has 1 aromatic carbocycles. The quantitative estimate of drug-likeness (QED) is 0.190. The minimum atomic E-state index is -0.434. The minimum absolute atomic E-state index is 0.288. The predicted octanol–water partition coefficient (Wildman–Crippen LogP) is 8.02. The van der Waals surface area contributed by atoms with Gasteiger partial charge in [-0.15, -0.1) is 0 Å². The Morgan fingerprint density at radius 3 is 1.66 bits per heavy atom. The highest BCUT2D eigenvalue weighted by Crippen LogP contribution is 2.29. The Bertz CT molecular complexity index is 673. The number of carbonyl (C=O) groups is 2. The first-order chi connectivity index (χ1) is 15.3. The second kappa shape index (κ2) is 15.9. The third-order valence-electron chi connectivity index (χ3n) is 5.76. The Kier molecular flexibility index (Phi) is 14.0. The highest BCUT2D eigenvalue weighted by atomic mass is 16.5. The maximum Gasteiger partial charge on any atom is 0.339 e. The number of unbranched alkanes of at least 4 members (excludes halogenated alkanes) is 10. The fourth-order valence-electron chi connectivity index (χ4n) is 3.81. The summed E-state index contributed by atoms with van der Waals surface area (Å²) in [7, 11) is 0. The van der Waals surface area contributed by atoms with Crippen LogP contribution >= 0.6 is 0 Å². The van der Waals surface area contributed by atoms with Gasteiger partial charge in [0.15, 0.2) is 0 Å². The second-order valence-corrected chi connectivity index (χ2v) is 9.79. The van der Waals surface area contributed by atoms with Gasteiger partial charge in [0.25, 0.3) is 0 Å². The summed E-state index contributed by atoms with van der Waals surface area (Å²) in [5.74, 6) is -0.855. The van der Waals surface area contributed by atoms with Crippen LogP contribution in [0.4, 0.5) is 0 Å². The molecule has 0 radical (unpaired) electrons. The first-order valence-corrected chi connectivity index (χ1v) is 12.8. The van der Waals surface area contributed by atoms with Gasteiger partial charge in [0.1, 0.15) is 0 Å². The van der Waals surface area contributed by atoms with E-state index in [-0.39, 0.29) is 5.41 Å². The summed E-state index contributed by atoms with van der Waals surface area (Å²) >= 11 is 0. The van der Waals surface area contributed by atoms with Gasteiger partial charge in [0.2, 0.25) is 0 Å². The van der Waals surface area contributed by atoms with Gasteiger partial charge in [-0.25, -0.2) is 9.59 Å². The van der Waals surface area contributed by atoms with Crippen molar-refractivity contribution in [2.75, 3.05) is 13.2 Å². The van der Waals surface area contributed by atoms with E-state index >= 15 is 0 Å². The summed E-state index contributed by atoms with van der Waals surface area (Å²) < 4.78 is 11.1. The second-order valence-electron chi connectivity index (χ2n) is 9.79. The summed E-state index contributed by atoms with van der Waals surface area (Å²) in [6, 6.07) is 5.42. The summed E-state index contributed by atoms with van der Waals surface area (Å²) in [4.78, 5) is 25.9. The van der Waals surface area contributed by atoms with Crippen LogP contribution in [-0.2, 0) is 14.9 Å². The Morgan fingerprint density at radius 1 is 0.688 bits per heavy atom. The van der Waals surface area contributed by atoms with Gasteiger partial charge in [-0.05, 0) is 29.9 Å². The molecule has 0 aliphatic heterocycles. The van der Waals surface area contributed by atoms with E-state index in [2.05, 4.69) is 13.8 Å². The lowest BCUT2D eigenvalue weighted by molar-refractivity contribution is 0.0448. The summed E-state index contributed by atoms with van der Waals surface area (Å²) in [5, 5.41) is 0. The topological polar surface area (TPSA) is 52.6 Å². The van der Waals surface area contributed by atoms with Gasteiger partial charge >= 0.3 is 11.9 Å². The van der Waals surface area contributed by atoms with Crippen LogP contribution in [0.2, 0.25) is 0 Å². The monoisotopic (exact) mass is 446 g/mol. The molecule has 0 heterocycles. The number of carbonyl (C=O) groups excluding carboxylic acids is 2. The van der Waals surface area contributed by atoms with Crippen LogP contribution in [0, 0.1) is 0 Å². The van der Waals surface area contributed by atoms with E-state index in [1.54, 1.807) is 6.07 Å². The molecular formula is C28H46O4. The molecule has 0 amide bonds. The molecule has 0 saturated heterocycles. The summed E-state index contributed by atoms with van der Waals surface area (Å²) in [6.45, 7) is 11.3. The van der Waals surface area contributed by atoms with Crippen LogP contribution in [0.25, 0.3) is 0 Å². The first-order valence-electron chi connectivity index (χ1n) is 12.8. The maximum atomic E-state index is 13.0. The Balaban J connectivity index is 2.74. The normalized spacial score (nSPS) is 11.4. The molecule has 0 spiro atoms. The highest BCUT2D eigenvalue weighted by molar-refractivity contribution is 6.04. The average molecular weight is 447 g/mol. The fraction of sp³-hybridized carbons (Fsp3) is 0.714. The summed E-state index contributed by atoms with van der Waals surface area (Å²) in [6.07, 6.45) is 13.6. The first kappa shape index (κ1) is 28.2. The van der Waals surface area contributed by atoms with Crippen molar-refractivity contribution in [3.8, 4) is 0 Å². The fourth-order valence-corrected chi connectivity index (χ4v) is 3.81. The van der Waals surface area contributed by atoms with Gasteiger partial charge in [-0.3, -0.25) is 0 Å². The molecule has 0 N–H and O–H groups in total. The van der Waals surface area contributed by atoms with Crippen molar-refractivity contribution in [2.45, 2.75) is 117 Å². The SMILES string of the molecule is CCCCCCCCOC(=O)c1cccc(C(C)(C)C)c1C(=O)OCCCCCCCC. The molecule has 0 aromatic heterocycles. The van der Waals surface area contributed by atoms with Crippen LogP contribution in [0.5, 0.6) is 0 Å². The van der Waals surface area contributed by atoms with E-state index in [0.717, 1.165) is 31.2 Å². The maximum absolute atomic E-state index is 13.0. The number of benzene rings is 1. The van der Waals surface area contributed by atoms with Gasteiger partial charge in [-0.2, -0.15) is 0 Å². The molecule has 0 fully saturated rings. The average Bonchev–Trinajstić information content (AvgIpc) is 2.76. The number of hydrogen-bond donors (Lipinski definition) is 0. The molecule has 182 valence electrons. The third-order valence-corrected chi connectivity index (χ3v) is 5.76. The molecule has 1 rings (SSSR count). The van der Waals surface area contributed by atoms with Crippen molar-refractivity contribution in [3.63, 3.8) is 0 Å². The molecular weight excluding hydrogens is 400 g/mol. The zero-order valence-corrected chi connectivity index (χ0v) is 21.3. The van der Waals surface area contributed by atoms with Gasteiger partial charge in [0, 0.05) is 0 Å². The van der Waals surface area contributed by atoms with Crippen molar-refractivity contribution in [1.29, 1.82) is 0 Å². The van der Waals surface area contributed by atoms with Crippen molar-refractivity contribution < 1.29 is 19.1 Å². The minimum Gasteiger partial charge on any atom is -0.462 e. The smallest absolute Gasteiger partial charge is 0.339 e. The lowest BCUT2D eigenvalue weighted by Crippen LogP contribution is -2.23. The van der Waals surface area contributed by atoms with Crippen molar-refractivity contribution in [2.24, 2.45) is 0 Å². The predicted molar refractivity (Wildman–Crippen MR) is 132 cm³/mol. The molecule has 0 unspecified atom stereocenters. The van der Waals surface area contributed by atoms with E-state index < -0.39 is 11.9 Å². The van der Waals surface area contributed by atoms with Crippen molar-refractivity contribution in [1.82, 2.24) is 0 Å². The zero-order valence-electron chi connectivity index (χ0n) is 21.3. The number of rotatable bonds is 16. The molecule has 0 aliphatic carbocycles. The Labute approximate surface area is 196 Å². The number of hydrogen-bond acceptors (Lipinski definition) is 4. The summed E-state index contributed by atoms with van der Waals surface area (Å²) in [5.41, 5.74) is 1.21. The zero-order chi connectivity index (χ0) is 23.8. The Hall–Kier alpha value is -1.84. The molecule has 0 atom stereocenters. The third kappa shape index (κ3) is 10.7. The van der Waals surface area contributed by atoms with Gasteiger partial charge in [0.05, 0.1) is 24.3 Å². The highest BCUT2D eigenvalue weighted by Gasteiger charge is 2.28. The number of esters is 2. The lowest BCUT2D eigenvalue weighted by atomic mass is 9.82. The van der Waals surface area contributed by atoms with Crippen LogP contribution in [0.15, 0.2) is 18.2 Å². The van der Waals surface area contributed by atoms with Crippen molar-refractivity contribution in [3.05, 3.63) is 34.9 Å². The largest absolute Gasteiger partial charge is 0.462 e. The molecule has 1 aromatic rings. The van der Waals surface area contributed by atoms with E-state index in [9.17, 15) is 9.59 Å². The lowest BCUT2D eigenvalue weighted by Gasteiger charge is -2.23. The van der Waals surface area contributed by atoms with Crippen molar-refractivity contribution >= 4 is 11.9 Å². The van der Waals surface area contributed by atoms with Crippen LogP contribution in [-0.4, -0.2) is 25.2 Å². The molecule has 0 aliphatic rings. The van der Waals surface area contributed by atoms with Crippen LogP contribution in [0.1, 0.15) is 138 Å². The standard InChI is InChI=1S/C28H46O4/c1-6-8-10-12-14-16-21-31-26(29)23-19-18-20-24(28(3,4)5)25(23)27(30)32-22-17-15-13-11-9-7-2/h18-20H,6-17,21-22H2,1-5H3. The molecule has 4 nitrogen and oxygen atoms in total. The number of ether oxygens (including phenoxy) is 2. The van der Waals surface area contributed by atoms with E-state index in [0.29, 0.717) is 24.3 Å². The van der Waals surface area contributed by atoms with Crippen LogP contribution < -0.4 is 0 Å². The molecule has 0 saturated carbocycles. The molecule has 0 bridgehead atoms. The van der Waals surface area contributed by atoms with E-state index in [1.807, 2.05) is 32.9 Å². The van der Waals surface area contributed by atoms with Gasteiger partial charge in [-0.1, -0.05) is 111 Å². The molecule has 4 heteroatoms. The van der Waals surface area contributed by atoms with E-state index in [1.165, 1.54) is 51.4 Å². The van der Waals surface area contributed by atoms with Crippen LogP contribution in [0.3, 0.4) is 0 Å². The van der Waals surface area contributed by atoms with E-state index in [4.69, 9.17) is 9.47 Å². The molecule has 32 heavy (non-hydrogen) atoms. The Morgan fingerprint density at radius 2 is 1.16 bits per heavy atom.